The highest BCUT2D eigenvalue weighted by molar-refractivity contribution is 5.86. The molecule has 1 heterocycles. The van der Waals surface area contributed by atoms with Gasteiger partial charge in [0.15, 0.2) is 0 Å². The topological polar surface area (TPSA) is 47.4 Å². The summed E-state index contributed by atoms with van der Waals surface area (Å²) in [6, 6.07) is 0. The summed E-state index contributed by atoms with van der Waals surface area (Å²) in [5.41, 5.74) is 0.448. The average Bonchev–Trinajstić information content (AvgIpc) is 2.81. The van der Waals surface area contributed by atoms with E-state index in [1.54, 1.807) is 30.2 Å². The molecule has 18 heavy (non-hydrogen) atoms. The van der Waals surface area contributed by atoms with Gasteiger partial charge in [0, 0.05) is 30.7 Å². The number of imidazole rings is 1. The average molecular weight is 251 g/mol. The molecule has 5 heteroatoms. The van der Waals surface area contributed by atoms with Crippen molar-refractivity contribution in [2.45, 2.75) is 6.92 Å². The molecule has 0 saturated heterocycles. The molecule has 0 unspecified atom stereocenters. The molecule has 1 aromatic rings. The lowest BCUT2D eigenvalue weighted by molar-refractivity contribution is -0.139. The summed E-state index contributed by atoms with van der Waals surface area (Å²) in [6.45, 7) is 9.81. The minimum absolute atomic E-state index is 0.313. The largest absolute Gasteiger partial charge is 0.461 e. The number of hydrogen-bond acceptors (Lipinski definition) is 4. The van der Waals surface area contributed by atoms with Crippen molar-refractivity contribution in [3.8, 4) is 0 Å². The number of hydrogen-bond donors (Lipinski definition) is 0. The first kappa shape index (κ1) is 16.1. The molecule has 0 saturated carbocycles. The zero-order valence-corrected chi connectivity index (χ0v) is 11.3. The molecule has 0 bridgehead atoms. The van der Waals surface area contributed by atoms with Gasteiger partial charge in [-0.2, -0.15) is 0 Å². The van der Waals surface area contributed by atoms with Crippen molar-refractivity contribution < 1.29 is 9.53 Å². The molecule has 0 spiro atoms. The number of carbonyl (C=O) groups is 1. The number of nitrogens with zero attached hydrogens (tertiary/aromatic N) is 3. The maximum Gasteiger partial charge on any atom is 0.333 e. The van der Waals surface area contributed by atoms with Gasteiger partial charge in [-0.25, -0.2) is 9.78 Å². The summed E-state index contributed by atoms with van der Waals surface area (Å²) in [4.78, 5) is 16.5. The Bertz CT molecular complexity index is 370. The molecule has 0 aliphatic rings. The fraction of sp³-hybridized carbons (Fsp3) is 0.385. The van der Waals surface area contributed by atoms with Gasteiger partial charge in [-0.15, -0.1) is 0 Å². The number of likely N-dealkylation sites (N-methyl/N-ethyl adjacent to an activating group) is 1. The number of esters is 1. The first-order valence-electron chi connectivity index (χ1n) is 5.54. The van der Waals surface area contributed by atoms with Crippen LogP contribution in [0.15, 0.2) is 37.5 Å². The normalized spacial score (nSPS) is 9.33. The molecule has 1 aromatic heterocycles. The Morgan fingerprint density at radius 3 is 2.56 bits per heavy atom. The van der Waals surface area contributed by atoms with Gasteiger partial charge in [0.1, 0.15) is 6.61 Å². The van der Waals surface area contributed by atoms with E-state index in [0.29, 0.717) is 12.2 Å². The summed E-state index contributed by atoms with van der Waals surface area (Å²) in [5, 5.41) is 0. The lowest BCUT2D eigenvalue weighted by Crippen LogP contribution is -2.20. The second kappa shape index (κ2) is 9.18. The molecule has 0 amide bonds. The minimum atomic E-state index is -0.313. The highest BCUT2D eigenvalue weighted by atomic mass is 16.5. The Kier molecular flexibility index (Phi) is 8.22. The Balaban J connectivity index is 0.000000351. The highest BCUT2D eigenvalue weighted by Crippen LogP contribution is 1.91. The fourth-order valence-electron chi connectivity index (χ4n) is 0.822. The predicted octanol–water partition coefficient (Wildman–Crippen LogP) is 1.65. The molecule has 0 aromatic carbocycles. The zero-order chi connectivity index (χ0) is 14.0. The maximum atomic E-state index is 10.8. The third-order valence-corrected chi connectivity index (χ3v) is 1.86. The van der Waals surface area contributed by atoms with Gasteiger partial charge in [0.25, 0.3) is 0 Å². The standard InChI is InChI=1S/C8H15NO2.C5H6N2/c1-7(2)8(10)11-6-5-9(3)4;1-2-7-4-3-6-5-7/h1,5-6H2,2-4H3;2-5H,1H2. The number of carbonyl (C=O) groups excluding carboxylic acids is 1. The third-order valence-electron chi connectivity index (χ3n) is 1.86. The molecule has 0 fully saturated rings. The van der Waals surface area contributed by atoms with Crippen LogP contribution in [0.4, 0.5) is 0 Å². The lowest BCUT2D eigenvalue weighted by Gasteiger charge is -2.09. The lowest BCUT2D eigenvalue weighted by atomic mass is 10.4. The molecule has 0 N–H and O–H groups in total. The molecule has 0 aliphatic carbocycles. The van der Waals surface area contributed by atoms with Gasteiger partial charge in [-0.3, -0.25) is 0 Å². The Labute approximate surface area is 108 Å². The first-order valence-corrected chi connectivity index (χ1v) is 5.54. The molecule has 100 valence electrons. The van der Waals surface area contributed by atoms with Crippen LogP contribution in [0.3, 0.4) is 0 Å². The van der Waals surface area contributed by atoms with Crippen molar-refractivity contribution in [3.63, 3.8) is 0 Å². The van der Waals surface area contributed by atoms with E-state index in [9.17, 15) is 4.79 Å². The van der Waals surface area contributed by atoms with E-state index in [2.05, 4.69) is 18.1 Å². The smallest absolute Gasteiger partial charge is 0.333 e. The summed E-state index contributed by atoms with van der Waals surface area (Å²) >= 11 is 0. The van der Waals surface area contributed by atoms with E-state index in [-0.39, 0.29) is 5.97 Å². The molecule has 1 rings (SSSR count). The molecule has 0 atom stereocenters. The van der Waals surface area contributed by atoms with Crippen LogP contribution in [-0.2, 0) is 9.53 Å². The minimum Gasteiger partial charge on any atom is -0.461 e. The number of rotatable bonds is 5. The quantitative estimate of drug-likeness (QED) is 0.590. The monoisotopic (exact) mass is 251 g/mol. The Hall–Kier alpha value is -1.88. The third kappa shape index (κ3) is 8.29. The van der Waals surface area contributed by atoms with Crippen LogP contribution in [0.1, 0.15) is 6.92 Å². The van der Waals surface area contributed by atoms with E-state index >= 15 is 0 Å². The number of aromatic nitrogens is 2. The van der Waals surface area contributed by atoms with Crippen molar-refractivity contribution in [1.82, 2.24) is 14.5 Å². The van der Waals surface area contributed by atoms with Gasteiger partial charge in [0.05, 0.1) is 6.33 Å². The van der Waals surface area contributed by atoms with E-state index in [1.807, 2.05) is 25.2 Å². The van der Waals surface area contributed by atoms with Gasteiger partial charge in [-0.05, 0) is 21.0 Å². The molecule has 0 radical (unpaired) electrons. The maximum absolute atomic E-state index is 10.8. The van der Waals surface area contributed by atoms with Crippen LogP contribution in [0.2, 0.25) is 0 Å². The van der Waals surface area contributed by atoms with Crippen LogP contribution in [0.5, 0.6) is 0 Å². The number of ether oxygens (including phenoxy) is 1. The van der Waals surface area contributed by atoms with Crippen molar-refractivity contribution in [2.75, 3.05) is 27.2 Å². The highest BCUT2D eigenvalue weighted by Gasteiger charge is 2.01. The second-order valence-corrected chi connectivity index (χ2v) is 3.91. The van der Waals surface area contributed by atoms with E-state index in [4.69, 9.17) is 4.74 Å². The zero-order valence-electron chi connectivity index (χ0n) is 11.3. The van der Waals surface area contributed by atoms with Crippen LogP contribution in [-0.4, -0.2) is 47.7 Å². The van der Waals surface area contributed by atoms with Crippen molar-refractivity contribution in [1.29, 1.82) is 0 Å². The van der Waals surface area contributed by atoms with Crippen LogP contribution >= 0.6 is 0 Å². The predicted molar refractivity (Wildman–Crippen MR) is 72.9 cm³/mol. The van der Waals surface area contributed by atoms with E-state index in [0.717, 1.165) is 6.54 Å². The SMILES string of the molecule is C=C(C)C(=O)OCCN(C)C.C=Cn1ccnc1. The second-order valence-electron chi connectivity index (χ2n) is 3.91. The van der Waals surface area contributed by atoms with Crippen molar-refractivity contribution in [3.05, 3.63) is 37.5 Å². The molecule has 0 aliphatic heterocycles. The van der Waals surface area contributed by atoms with Gasteiger partial charge < -0.3 is 14.2 Å². The summed E-state index contributed by atoms with van der Waals surface area (Å²) in [7, 11) is 3.85. The van der Waals surface area contributed by atoms with Crippen molar-refractivity contribution in [2.24, 2.45) is 0 Å². The first-order chi connectivity index (χ1) is 8.47. The van der Waals surface area contributed by atoms with Crippen molar-refractivity contribution >= 4 is 12.2 Å². The summed E-state index contributed by atoms with van der Waals surface area (Å²) in [5.74, 6) is -0.313. The molecular formula is C13H21N3O2. The van der Waals surface area contributed by atoms with Crippen LogP contribution in [0, 0.1) is 0 Å². The fourth-order valence-corrected chi connectivity index (χ4v) is 0.822. The Morgan fingerprint density at radius 2 is 2.22 bits per heavy atom. The van der Waals surface area contributed by atoms with E-state index < -0.39 is 0 Å². The van der Waals surface area contributed by atoms with Gasteiger partial charge >= 0.3 is 5.97 Å². The summed E-state index contributed by atoms with van der Waals surface area (Å²) in [6.07, 6.45) is 6.91. The molecule has 5 nitrogen and oxygen atoms in total. The Morgan fingerprint density at radius 1 is 1.56 bits per heavy atom. The van der Waals surface area contributed by atoms with Crippen LogP contribution < -0.4 is 0 Å². The summed E-state index contributed by atoms with van der Waals surface area (Å²) < 4.78 is 6.61. The van der Waals surface area contributed by atoms with Gasteiger partial charge in [0.2, 0.25) is 0 Å². The van der Waals surface area contributed by atoms with Gasteiger partial charge in [-0.1, -0.05) is 13.2 Å². The molecular weight excluding hydrogens is 230 g/mol. The van der Waals surface area contributed by atoms with Crippen LogP contribution in [0.25, 0.3) is 6.20 Å². The van der Waals surface area contributed by atoms with E-state index in [1.165, 1.54) is 0 Å².